The molecule has 0 radical (unpaired) electrons. The van der Waals surface area contributed by atoms with Gasteiger partial charge >= 0.3 is 5.97 Å². The molecule has 26 heavy (non-hydrogen) atoms. The van der Waals surface area contributed by atoms with Crippen molar-refractivity contribution >= 4 is 38.7 Å². The Bertz CT molecular complexity index is 939. The summed E-state index contributed by atoms with van der Waals surface area (Å²) in [6.45, 7) is -0.361. The lowest BCUT2D eigenvalue weighted by Crippen LogP contribution is -2.41. The molecule has 3 rings (SSSR count). The Kier molecular flexibility index (Phi) is 5.30. The zero-order valence-corrected chi connectivity index (χ0v) is 16.0. The smallest absolute Gasteiger partial charge is 0.349 e. The van der Waals surface area contributed by atoms with Crippen LogP contribution in [0.5, 0.6) is 0 Å². The van der Waals surface area contributed by atoms with Gasteiger partial charge in [-0.1, -0.05) is 6.07 Å². The van der Waals surface area contributed by atoms with Crippen LogP contribution in [0.4, 0.5) is 0 Å². The first-order valence-corrected chi connectivity index (χ1v) is 10.6. The van der Waals surface area contributed by atoms with E-state index in [0.717, 1.165) is 11.3 Å². The van der Waals surface area contributed by atoms with Crippen molar-refractivity contribution in [2.45, 2.75) is 10.5 Å². The number of hydrogen-bond donors (Lipinski definition) is 2. The average molecular weight is 413 g/mol. The van der Waals surface area contributed by atoms with Crippen LogP contribution in [0.2, 0.25) is 0 Å². The van der Waals surface area contributed by atoms with Gasteiger partial charge in [-0.2, -0.15) is 0 Å². The third kappa shape index (κ3) is 3.46. The lowest BCUT2D eigenvalue weighted by molar-refractivity contribution is 0.0602. The highest BCUT2D eigenvalue weighted by atomic mass is 32.2. The minimum absolute atomic E-state index is 0.0299. The number of esters is 1. The van der Waals surface area contributed by atoms with Crippen molar-refractivity contribution in [2.24, 2.45) is 0 Å². The first kappa shape index (κ1) is 18.8. The Hall–Kier alpha value is -1.98. The van der Waals surface area contributed by atoms with Crippen molar-refractivity contribution in [2.75, 3.05) is 13.7 Å². The van der Waals surface area contributed by atoms with Crippen molar-refractivity contribution in [3.8, 4) is 0 Å². The van der Waals surface area contributed by atoms with E-state index >= 15 is 0 Å². The number of hydrogen-bond acceptors (Lipinski definition) is 8. The van der Waals surface area contributed by atoms with Crippen LogP contribution in [0, 0.1) is 0 Å². The Labute approximate surface area is 157 Å². The molecule has 0 aromatic carbocycles. The van der Waals surface area contributed by atoms with E-state index in [0.29, 0.717) is 4.88 Å². The van der Waals surface area contributed by atoms with Gasteiger partial charge in [-0.25, -0.2) is 17.9 Å². The maximum Gasteiger partial charge on any atom is 0.349 e. The summed E-state index contributed by atoms with van der Waals surface area (Å²) in [7, 11) is -2.88. The summed E-state index contributed by atoms with van der Waals surface area (Å²) in [4.78, 5) is 12.0. The van der Waals surface area contributed by atoms with Gasteiger partial charge in [0.2, 0.25) is 10.0 Å². The summed E-state index contributed by atoms with van der Waals surface area (Å²) >= 11 is 2.24. The van der Waals surface area contributed by atoms with Crippen molar-refractivity contribution in [3.63, 3.8) is 0 Å². The fourth-order valence-electron chi connectivity index (χ4n) is 2.35. The number of aliphatic hydroxyl groups is 1. The molecule has 3 aromatic rings. The van der Waals surface area contributed by atoms with Gasteiger partial charge in [0.1, 0.15) is 15.5 Å². The molecule has 7 nitrogen and oxygen atoms in total. The topological polar surface area (TPSA) is 106 Å². The molecule has 0 aliphatic rings. The summed E-state index contributed by atoms with van der Waals surface area (Å²) in [5.41, 5.74) is -1.67. The number of thiophene rings is 2. The first-order chi connectivity index (χ1) is 12.4. The van der Waals surface area contributed by atoms with Gasteiger partial charge in [0.15, 0.2) is 5.60 Å². The number of sulfonamides is 1. The number of ether oxygens (including phenoxy) is 1. The average Bonchev–Trinajstić information content (AvgIpc) is 3.39. The molecule has 0 saturated carbocycles. The second-order valence-electron chi connectivity index (χ2n) is 5.24. The zero-order valence-electron chi connectivity index (χ0n) is 13.5. The highest BCUT2D eigenvalue weighted by molar-refractivity contribution is 7.89. The van der Waals surface area contributed by atoms with E-state index < -0.39 is 21.6 Å². The summed E-state index contributed by atoms with van der Waals surface area (Å²) in [5, 5.41) is 14.4. The second-order valence-corrected chi connectivity index (χ2v) is 8.84. The second kappa shape index (κ2) is 7.33. The Morgan fingerprint density at radius 3 is 2.69 bits per heavy atom. The van der Waals surface area contributed by atoms with Gasteiger partial charge in [-0.3, -0.25) is 0 Å². The molecule has 138 valence electrons. The molecular weight excluding hydrogens is 398 g/mol. The van der Waals surface area contributed by atoms with E-state index in [1.807, 2.05) is 0 Å². The van der Waals surface area contributed by atoms with Crippen molar-refractivity contribution in [1.82, 2.24) is 4.72 Å². The van der Waals surface area contributed by atoms with Crippen LogP contribution >= 0.6 is 22.7 Å². The number of carbonyl (C=O) groups is 1. The van der Waals surface area contributed by atoms with Crippen molar-refractivity contribution < 1.29 is 27.5 Å². The van der Waals surface area contributed by atoms with Gasteiger partial charge < -0.3 is 14.3 Å². The standard InChI is InChI=1S/C16H15NO6S3/c1-22-15(18)14-11(6-9-25-14)26(20,21)17-10-16(19,12-4-2-7-23-12)13-5-3-8-24-13/h2-9,17,19H,10H2,1H3. The summed E-state index contributed by atoms with van der Waals surface area (Å²) in [6, 6.07) is 7.92. The first-order valence-electron chi connectivity index (χ1n) is 7.34. The third-order valence-corrected chi connectivity index (χ3v) is 7.15. The number of carbonyl (C=O) groups excluding carboxylic acids is 1. The van der Waals surface area contributed by atoms with Gasteiger partial charge in [0.25, 0.3) is 0 Å². The molecule has 1 atom stereocenters. The predicted octanol–water partition coefficient (Wildman–Crippen LogP) is 2.40. The molecule has 0 fully saturated rings. The van der Waals surface area contributed by atoms with Crippen molar-refractivity contribution in [3.05, 3.63) is 62.9 Å². The van der Waals surface area contributed by atoms with E-state index in [4.69, 9.17) is 4.42 Å². The highest BCUT2D eigenvalue weighted by Gasteiger charge is 2.37. The fraction of sp³-hybridized carbons (Fsp3) is 0.188. The normalized spacial score (nSPS) is 14.1. The lowest BCUT2D eigenvalue weighted by Gasteiger charge is -2.25. The summed E-state index contributed by atoms with van der Waals surface area (Å²) in [6.07, 6.45) is 1.40. The molecule has 0 bridgehead atoms. The Morgan fingerprint density at radius 1 is 1.27 bits per heavy atom. The minimum atomic E-state index is -4.06. The monoisotopic (exact) mass is 413 g/mol. The van der Waals surface area contributed by atoms with Crippen LogP contribution in [0.15, 0.2) is 56.7 Å². The van der Waals surface area contributed by atoms with Crippen molar-refractivity contribution in [1.29, 1.82) is 0 Å². The van der Waals surface area contributed by atoms with Crippen LogP contribution in [0.3, 0.4) is 0 Å². The lowest BCUT2D eigenvalue weighted by atomic mass is 9.99. The number of nitrogens with one attached hydrogen (secondary N) is 1. The maximum atomic E-state index is 12.7. The largest absolute Gasteiger partial charge is 0.466 e. The van der Waals surface area contributed by atoms with E-state index in [2.05, 4.69) is 9.46 Å². The molecular formula is C16H15NO6S3. The maximum absolute atomic E-state index is 12.7. The molecule has 2 N–H and O–H groups in total. The quantitative estimate of drug-likeness (QED) is 0.576. The van der Waals surface area contributed by atoms with Crippen LogP contribution in [0.25, 0.3) is 0 Å². The molecule has 0 saturated heterocycles. The molecule has 1 unspecified atom stereocenters. The highest BCUT2D eigenvalue weighted by Crippen LogP contribution is 2.33. The Morgan fingerprint density at radius 2 is 2.08 bits per heavy atom. The van der Waals surface area contributed by atoms with E-state index in [9.17, 15) is 18.3 Å². The summed E-state index contributed by atoms with van der Waals surface area (Å²) < 4.78 is 37.6. The van der Waals surface area contributed by atoms with Gasteiger partial charge in [-0.05, 0) is 35.0 Å². The fourth-order valence-corrected chi connectivity index (χ4v) is 5.57. The van der Waals surface area contributed by atoms with Crippen LogP contribution < -0.4 is 4.72 Å². The Balaban J connectivity index is 1.91. The van der Waals surface area contributed by atoms with E-state index in [1.54, 1.807) is 29.6 Å². The molecule has 0 aliphatic carbocycles. The molecule has 0 aliphatic heterocycles. The van der Waals surface area contributed by atoms with Gasteiger partial charge in [0.05, 0.1) is 19.9 Å². The van der Waals surface area contributed by atoms with E-state index in [1.165, 1.54) is 36.2 Å². The SMILES string of the molecule is COC(=O)c1sccc1S(=O)(=O)NCC(O)(c1ccco1)c1cccs1. The number of furan rings is 1. The summed E-state index contributed by atoms with van der Waals surface area (Å²) in [5.74, 6) is -0.527. The predicted molar refractivity (Wildman–Crippen MR) is 96.9 cm³/mol. The number of methoxy groups -OCH3 is 1. The zero-order chi connectivity index (χ0) is 18.8. The van der Waals surface area contributed by atoms with Crippen LogP contribution in [-0.4, -0.2) is 33.1 Å². The molecule has 0 spiro atoms. The molecule has 3 aromatic heterocycles. The van der Waals surface area contributed by atoms with Crippen LogP contribution in [0.1, 0.15) is 20.3 Å². The third-order valence-electron chi connectivity index (χ3n) is 3.67. The molecule has 10 heteroatoms. The number of rotatable bonds is 7. The van der Waals surface area contributed by atoms with Crippen LogP contribution in [-0.2, 0) is 20.4 Å². The molecule has 0 amide bonds. The van der Waals surface area contributed by atoms with E-state index in [-0.39, 0.29) is 22.1 Å². The minimum Gasteiger partial charge on any atom is -0.466 e. The molecule has 3 heterocycles. The van der Waals surface area contributed by atoms with Gasteiger partial charge in [-0.15, -0.1) is 22.7 Å². The van der Waals surface area contributed by atoms with Gasteiger partial charge in [0, 0.05) is 4.88 Å².